The first-order valence-corrected chi connectivity index (χ1v) is 10.9. The highest BCUT2D eigenvalue weighted by atomic mass is 16.5. The molecule has 0 N–H and O–H groups in total. The first-order valence-electron chi connectivity index (χ1n) is 10.9. The van der Waals surface area contributed by atoms with Crippen LogP contribution in [-0.2, 0) is 9.47 Å². The van der Waals surface area contributed by atoms with E-state index in [1.54, 1.807) is 18.2 Å². The summed E-state index contributed by atoms with van der Waals surface area (Å²) in [5, 5.41) is 0. The summed E-state index contributed by atoms with van der Waals surface area (Å²) < 4.78 is 10.4. The number of esters is 2. The summed E-state index contributed by atoms with van der Waals surface area (Å²) in [7, 11) is 0. The molecule has 4 nitrogen and oxygen atoms in total. The Morgan fingerprint density at radius 1 is 0.862 bits per heavy atom. The fraction of sp³-hybridized carbons (Fsp3) is 0.600. The van der Waals surface area contributed by atoms with Crippen LogP contribution >= 0.6 is 0 Å². The number of hydrogen-bond acceptors (Lipinski definition) is 4. The second kappa shape index (κ2) is 15.6. The first-order chi connectivity index (χ1) is 14.0. The highest BCUT2D eigenvalue weighted by Crippen LogP contribution is 2.10. The van der Waals surface area contributed by atoms with Gasteiger partial charge in [-0.05, 0) is 30.5 Å². The van der Waals surface area contributed by atoms with Gasteiger partial charge in [-0.1, -0.05) is 83.6 Å². The molecule has 0 bridgehead atoms. The summed E-state index contributed by atoms with van der Waals surface area (Å²) in [6.07, 6.45) is 11.0. The van der Waals surface area contributed by atoms with Crippen LogP contribution in [0.1, 0.15) is 99.3 Å². The minimum atomic E-state index is -0.482. The van der Waals surface area contributed by atoms with E-state index in [2.05, 4.69) is 18.8 Å². The number of carbonyl (C=O) groups is 2. The van der Waals surface area contributed by atoms with Gasteiger partial charge in [-0.25, -0.2) is 9.59 Å². The summed E-state index contributed by atoms with van der Waals surface area (Å²) in [5.41, 5.74) is 0.676. The Morgan fingerprint density at radius 3 is 2.07 bits per heavy atom. The number of carbonyl (C=O) groups excluding carboxylic acids is 2. The Balaban J connectivity index is 2.24. The molecule has 0 spiro atoms. The molecule has 4 heteroatoms. The SMILES string of the molecule is CCCCCCCCCCC#CCOC(=O)c1cccc(C(=O)OCC(C)C)c1. The van der Waals surface area contributed by atoms with E-state index in [4.69, 9.17) is 9.47 Å². The summed E-state index contributed by atoms with van der Waals surface area (Å²) >= 11 is 0. The Bertz CT molecular complexity index is 667. The lowest BCUT2D eigenvalue weighted by Gasteiger charge is -2.08. The molecule has 1 aromatic carbocycles. The molecular weight excluding hydrogens is 364 g/mol. The molecule has 0 saturated carbocycles. The van der Waals surface area contributed by atoms with E-state index >= 15 is 0 Å². The summed E-state index contributed by atoms with van der Waals surface area (Å²) in [6.45, 7) is 6.59. The van der Waals surface area contributed by atoms with Gasteiger partial charge in [-0.15, -0.1) is 0 Å². The summed E-state index contributed by atoms with van der Waals surface area (Å²) in [4.78, 5) is 24.1. The minimum absolute atomic E-state index is 0.0673. The van der Waals surface area contributed by atoms with Gasteiger partial charge < -0.3 is 9.47 Å². The molecule has 0 atom stereocenters. The van der Waals surface area contributed by atoms with Gasteiger partial charge >= 0.3 is 11.9 Å². The van der Waals surface area contributed by atoms with Gasteiger partial charge in [-0.2, -0.15) is 0 Å². The van der Waals surface area contributed by atoms with E-state index in [-0.39, 0.29) is 12.5 Å². The molecule has 0 radical (unpaired) electrons. The van der Waals surface area contributed by atoms with E-state index in [9.17, 15) is 9.59 Å². The number of rotatable bonds is 13. The zero-order valence-corrected chi connectivity index (χ0v) is 18.3. The van der Waals surface area contributed by atoms with Crippen LogP contribution in [0.3, 0.4) is 0 Å². The van der Waals surface area contributed by atoms with Crippen LogP contribution in [0.5, 0.6) is 0 Å². The zero-order valence-electron chi connectivity index (χ0n) is 18.3. The van der Waals surface area contributed by atoms with Crippen LogP contribution in [0.4, 0.5) is 0 Å². The molecule has 0 aliphatic rings. The first kappa shape index (κ1) is 24.8. The third kappa shape index (κ3) is 12.0. The molecular formula is C25H36O4. The predicted molar refractivity (Wildman–Crippen MR) is 117 cm³/mol. The van der Waals surface area contributed by atoms with Crippen molar-refractivity contribution in [2.45, 2.75) is 78.6 Å². The van der Waals surface area contributed by atoms with Crippen LogP contribution in [-0.4, -0.2) is 25.2 Å². The van der Waals surface area contributed by atoms with Gasteiger partial charge in [0.25, 0.3) is 0 Å². The van der Waals surface area contributed by atoms with Gasteiger partial charge in [-0.3, -0.25) is 0 Å². The third-order valence-corrected chi connectivity index (χ3v) is 4.44. The van der Waals surface area contributed by atoms with Crippen LogP contribution < -0.4 is 0 Å². The van der Waals surface area contributed by atoms with Crippen LogP contribution in [0.25, 0.3) is 0 Å². The minimum Gasteiger partial charge on any atom is -0.462 e. The second-order valence-corrected chi connectivity index (χ2v) is 7.73. The molecule has 0 heterocycles. The molecule has 29 heavy (non-hydrogen) atoms. The van der Waals surface area contributed by atoms with E-state index in [1.165, 1.54) is 51.0 Å². The molecule has 0 aromatic heterocycles. The molecule has 1 rings (SSSR count). The van der Waals surface area contributed by atoms with Crippen molar-refractivity contribution in [3.8, 4) is 11.8 Å². The third-order valence-electron chi connectivity index (χ3n) is 4.44. The van der Waals surface area contributed by atoms with Gasteiger partial charge in [0.2, 0.25) is 0 Å². The normalized spacial score (nSPS) is 10.3. The van der Waals surface area contributed by atoms with Gasteiger partial charge in [0.05, 0.1) is 17.7 Å². The number of hydrogen-bond donors (Lipinski definition) is 0. The fourth-order valence-corrected chi connectivity index (χ4v) is 2.77. The lowest BCUT2D eigenvalue weighted by Crippen LogP contribution is -2.12. The monoisotopic (exact) mass is 400 g/mol. The lowest BCUT2D eigenvalue weighted by molar-refractivity contribution is 0.0459. The Hall–Kier alpha value is -2.28. The standard InChI is InChI=1S/C25H36O4/c1-4-5-6-7-8-9-10-11-12-13-14-18-28-24(26)22-16-15-17-23(19-22)25(27)29-20-21(2)3/h15-17,19,21H,4-12,18,20H2,1-3H3. The van der Waals surface area contributed by atoms with Crippen molar-refractivity contribution in [2.24, 2.45) is 5.92 Å². The molecule has 160 valence electrons. The van der Waals surface area contributed by atoms with E-state index < -0.39 is 11.9 Å². The maximum absolute atomic E-state index is 12.1. The van der Waals surface area contributed by atoms with Crippen molar-refractivity contribution in [1.82, 2.24) is 0 Å². The molecule has 0 saturated heterocycles. The largest absolute Gasteiger partial charge is 0.462 e. The number of unbranched alkanes of at least 4 members (excludes halogenated alkanes) is 8. The van der Waals surface area contributed by atoms with Crippen molar-refractivity contribution >= 4 is 11.9 Å². The zero-order chi connectivity index (χ0) is 21.3. The highest BCUT2D eigenvalue weighted by Gasteiger charge is 2.12. The maximum atomic E-state index is 12.1. The van der Waals surface area contributed by atoms with Crippen LogP contribution in [0, 0.1) is 17.8 Å². The van der Waals surface area contributed by atoms with E-state index in [1.807, 2.05) is 13.8 Å². The van der Waals surface area contributed by atoms with Crippen molar-refractivity contribution in [1.29, 1.82) is 0 Å². The molecule has 0 fully saturated rings. The summed E-state index contributed by atoms with van der Waals surface area (Å²) in [5.74, 6) is 5.30. The Labute approximate surface area is 176 Å². The van der Waals surface area contributed by atoms with Crippen molar-refractivity contribution < 1.29 is 19.1 Å². The van der Waals surface area contributed by atoms with Crippen molar-refractivity contribution in [3.05, 3.63) is 35.4 Å². The van der Waals surface area contributed by atoms with Gasteiger partial charge in [0, 0.05) is 6.42 Å². The summed E-state index contributed by atoms with van der Waals surface area (Å²) in [6, 6.07) is 6.40. The quantitative estimate of drug-likeness (QED) is 0.225. The highest BCUT2D eigenvalue weighted by molar-refractivity contribution is 5.95. The number of benzene rings is 1. The Morgan fingerprint density at radius 2 is 1.45 bits per heavy atom. The lowest BCUT2D eigenvalue weighted by atomic mass is 10.1. The molecule has 0 aliphatic carbocycles. The fourth-order valence-electron chi connectivity index (χ4n) is 2.77. The van der Waals surface area contributed by atoms with Crippen LogP contribution in [0.15, 0.2) is 24.3 Å². The van der Waals surface area contributed by atoms with Crippen molar-refractivity contribution in [2.75, 3.05) is 13.2 Å². The smallest absolute Gasteiger partial charge is 0.339 e. The van der Waals surface area contributed by atoms with Gasteiger partial charge in [0.15, 0.2) is 6.61 Å². The number of ether oxygens (including phenoxy) is 2. The average molecular weight is 401 g/mol. The maximum Gasteiger partial charge on any atom is 0.339 e. The molecule has 0 aliphatic heterocycles. The van der Waals surface area contributed by atoms with Crippen LogP contribution in [0.2, 0.25) is 0 Å². The molecule has 0 unspecified atom stereocenters. The average Bonchev–Trinajstić information content (AvgIpc) is 2.72. The Kier molecular flexibility index (Phi) is 13.3. The van der Waals surface area contributed by atoms with Gasteiger partial charge in [0.1, 0.15) is 0 Å². The molecule has 1 aromatic rings. The van der Waals surface area contributed by atoms with E-state index in [0.29, 0.717) is 17.7 Å². The molecule has 0 amide bonds. The topological polar surface area (TPSA) is 52.6 Å². The second-order valence-electron chi connectivity index (χ2n) is 7.73. The van der Waals surface area contributed by atoms with E-state index in [0.717, 1.165) is 12.8 Å². The predicted octanol–water partition coefficient (Wildman–Crippen LogP) is 6.19. The van der Waals surface area contributed by atoms with Crippen molar-refractivity contribution in [3.63, 3.8) is 0 Å².